The minimum atomic E-state index is 0. The fraction of sp³-hybridized carbons (Fsp3) is 1.00. The molecule has 0 amide bonds. The zero-order valence-electron chi connectivity index (χ0n) is 2.02. The van der Waals surface area contributed by atoms with Gasteiger partial charge < -0.3 is 0 Å². The third-order valence-corrected chi connectivity index (χ3v) is 0.144. The molecule has 1 aliphatic rings. The third kappa shape index (κ3) is 2.21. The van der Waals surface area contributed by atoms with Crippen molar-refractivity contribution in [3.63, 3.8) is 0 Å². The highest BCUT2D eigenvalue weighted by Crippen LogP contribution is 1.70. The standard InChI is InChI=1S/CH3NO.ClH/c1-2-3-1;/h2H,1H2;1H. The quantitative estimate of drug-likeness (QED) is 0.413. The molecule has 0 saturated carbocycles. The lowest BCUT2D eigenvalue weighted by atomic mass is 11.5. The highest BCUT2D eigenvalue weighted by molar-refractivity contribution is 5.85. The number of hydrogen-bond acceptors (Lipinski definition) is 2. The Balaban J connectivity index is 0.0000000900. The van der Waals surface area contributed by atoms with Gasteiger partial charge in [-0.3, -0.25) is 4.84 Å². The van der Waals surface area contributed by atoms with E-state index in [1.807, 2.05) is 0 Å². The van der Waals surface area contributed by atoms with Gasteiger partial charge in [0.2, 0.25) is 0 Å². The van der Waals surface area contributed by atoms with Crippen molar-refractivity contribution in [3.05, 3.63) is 0 Å². The predicted molar refractivity (Wildman–Crippen MR) is 16.3 cm³/mol. The third-order valence-electron chi connectivity index (χ3n) is 0.144. The van der Waals surface area contributed by atoms with Crippen molar-refractivity contribution >= 4 is 12.4 Å². The number of hydroxylamine groups is 1. The summed E-state index contributed by atoms with van der Waals surface area (Å²) in [5.41, 5.74) is 2.50. The summed E-state index contributed by atoms with van der Waals surface area (Å²) in [7, 11) is 0. The van der Waals surface area contributed by atoms with Gasteiger partial charge in [-0.05, 0) is 0 Å². The molecule has 0 bridgehead atoms. The maximum absolute atomic E-state index is 4.25. The Morgan fingerprint density at radius 1 is 1.75 bits per heavy atom. The summed E-state index contributed by atoms with van der Waals surface area (Å²) >= 11 is 0. The van der Waals surface area contributed by atoms with E-state index in [1.54, 1.807) is 0 Å². The van der Waals surface area contributed by atoms with E-state index < -0.39 is 0 Å². The van der Waals surface area contributed by atoms with E-state index in [9.17, 15) is 0 Å². The van der Waals surface area contributed by atoms with Crippen LogP contribution in [0, 0.1) is 0 Å². The predicted octanol–water partition coefficient (Wildman–Crippen LogP) is -0.0995. The molecule has 26 valence electrons. The van der Waals surface area contributed by atoms with Crippen molar-refractivity contribution < 1.29 is 4.84 Å². The van der Waals surface area contributed by atoms with Gasteiger partial charge in [-0.1, -0.05) is 0 Å². The lowest BCUT2D eigenvalue weighted by Crippen LogP contribution is -1.54. The monoisotopic (exact) mass is 81.0 g/mol. The van der Waals surface area contributed by atoms with Crippen LogP contribution in [0.15, 0.2) is 0 Å². The largest absolute Gasteiger partial charge is 0.282 e. The first-order valence-electron chi connectivity index (χ1n) is 0.846. The van der Waals surface area contributed by atoms with Crippen molar-refractivity contribution in [3.8, 4) is 0 Å². The summed E-state index contributed by atoms with van der Waals surface area (Å²) in [6.07, 6.45) is 0. The molecule has 0 aromatic heterocycles. The van der Waals surface area contributed by atoms with E-state index >= 15 is 0 Å². The summed E-state index contributed by atoms with van der Waals surface area (Å²) in [6, 6.07) is 0. The molecule has 0 atom stereocenters. The van der Waals surface area contributed by atoms with Crippen LogP contribution in [0.3, 0.4) is 0 Å². The molecule has 2 nitrogen and oxygen atoms in total. The highest BCUT2D eigenvalue weighted by Gasteiger charge is 1.91. The van der Waals surface area contributed by atoms with Crippen LogP contribution in [0.5, 0.6) is 0 Å². The average Bonchev–Trinajstić information content (AvgIpc) is 1.46. The van der Waals surface area contributed by atoms with Gasteiger partial charge in [0.15, 0.2) is 0 Å². The van der Waals surface area contributed by atoms with Gasteiger partial charge in [-0.2, -0.15) is 5.48 Å². The fourth-order valence-corrected chi connectivity index (χ4v) is 0. The molecule has 0 radical (unpaired) electrons. The second-order valence-corrected chi connectivity index (χ2v) is 0.433. The fourth-order valence-electron chi connectivity index (χ4n) is 0. The molecule has 3 heteroatoms. The molecule has 0 unspecified atom stereocenters. The normalized spacial score (nSPS) is 18.0. The zero-order valence-corrected chi connectivity index (χ0v) is 2.84. The second kappa shape index (κ2) is 1.52. The topological polar surface area (TPSA) is 34.5 Å². The molecule has 0 aromatic carbocycles. The van der Waals surface area contributed by atoms with E-state index in [4.69, 9.17) is 0 Å². The van der Waals surface area contributed by atoms with Gasteiger partial charge in [0.05, 0.1) is 0 Å². The van der Waals surface area contributed by atoms with E-state index in [0.29, 0.717) is 0 Å². The van der Waals surface area contributed by atoms with Crippen LogP contribution < -0.4 is 5.48 Å². The van der Waals surface area contributed by atoms with Crippen molar-refractivity contribution in [2.24, 2.45) is 0 Å². The second-order valence-electron chi connectivity index (χ2n) is 0.433. The van der Waals surface area contributed by atoms with E-state index in [2.05, 4.69) is 10.3 Å². The van der Waals surface area contributed by atoms with Crippen LogP contribution in [0.25, 0.3) is 0 Å². The molecular formula is CH4ClNO. The summed E-state index contributed by atoms with van der Waals surface area (Å²) in [5, 5.41) is 0. The summed E-state index contributed by atoms with van der Waals surface area (Å²) in [4.78, 5) is 4.25. The maximum Gasteiger partial charge on any atom is 0.141 e. The Morgan fingerprint density at radius 3 is 2.00 bits per heavy atom. The van der Waals surface area contributed by atoms with Crippen molar-refractivity contribution in [2.45, 2.75) is 0 Å². The van der Waals surface area contributed by atoms with Gasteiger partial charge in [-0.25, -0.2) is 0 Å². The lowest BCUT2D eigenvalue weighted by Gasteiger charge is -1.23. The van der Waals surface area contributed by atoms with Crippen LogP contribution in [0.2, 0.25) is 0 Å². The number of hydrogen-bond donors (Lipinski definition) is 1. The summed E-state index contributed by atoms with van der Waals surface area (Å²) in [5.74, 6) is 0. The smallest absolute Gasteiger partial charge is 0.141 e. The van der Waals surface area contributed by atoms with Crippen LogP contribution >= 0.6 is 12.4 Å². The van der Waals surface area contributed by atoms with E-state index in [-0.39, 0.29) is 12.4 Å². The van der Waals surface area contributed by atoms with Crippen LogP contribution in [-0.4, -0.2) is 6.73 Å². The Hall–Kier alpha value is 0.210. The van der Waals surface area contributed by atoms with Crippen molar-refractivity contribution in [2.75, 3.05) is 6.73 Å². The molecular weight excluding hydrogens is 77.5 g/mol. The molecule has 1 fully saturated rings. The van der Waals surface area contributed by atoms with Crippen LogP contribution in [-0.2, 0) is 4.84 Å². The minimum absolute atomic E-state index is 0. The molecule has 0 aliphatic carbocycles. The van der Waals surface area contributed by atoms with Crippen LogP contribution in [0.1, 0.15) is 0 Å². The molecule has 1 aliphatic heterocycles. The molecule has 1 rings (SSSR count). The van der Waals surface area contributed by atoms with Crippen molar-refractivity contribution in [1.29, 1.82) is 0 Å². The zero-order chi connectivity index (χ0) is 2.12. The van der Waals surface area contributed by atoms with E-state index in [1.165, 1.54) is 0 Å². The van der Waals surface area contributed by atoms with Gasteiger partial charge >= 0.3 is 0 Å². The first kappa shape index (κ1) is 4.21. The lowest BCUT2D eigenvalue weighted by molar-refractivity contribution is 0.412. The van der Waals surface area contributed by atoms with E-state index in [0.717, 1.165) is 6.73 Å². The molecule has 0 spiro atoms. The molecule has 4 heavy (non-hydrogen) atoms. The molecule has 1 heterocycles. The average molecular weight is 81.5 g/mol. The molecule has 1 saturated heterocycles. The Bertz CT molecular complexity index is 12.8. The van der Waals surface area contributed by atoms with Gasteiger partial charge in [0, 0.05) is 0 Å². The van der Waals surface area contributed by atoms with Gasteiger partial charge in [0.1, 0.15) is 6.73 Å². The number of rotatable bonds is 0. The summed E-state index contributed by atoms with van der Waals surface area (Å²) in [6.45, 7) is 0.750. The highest BCUT2D eigenvalue weighted by atomic mass is 35.5. The van der Waals surface area contributed by atoms with Gasteiger partial charge in [-0.15, -0.1) is 12.4 Å². The van der Waals surface area contributed by atoms with Gasteiger partial charge in [0.25, 0.3) is 0 Å². The SMILES string of the molecule is C1NO1.Cl. The van der Waals surface area contributed by atoms with Crippen molar-refractivity contribution in [1.82, 2.24) is 5.48 Å². The summed E-state index contributed by atoms with van der Waals surface area (Å²) < 4.78 is 0. The Morgan fingerprint density at radius 2 is 2.00 bits per heavy atom. The van der Waals surface area contributed by atoms with Crippen LogP contribution in [0.4, 0.5) is 0 Å². The minimum Gasteiger partial charge on any atom is -0.282 e. The number of nitrogens with one attached hydrogen (secondary N) is 1. The molecule has 0 aromatic rings. The Kier molecular flexibility index (Phi) is 1.60. The first-order valence-corrected chi connectivity index (χ1v) is 0.846. The Labute approximate surface area is 30.5 Å². The maximum atomic E-state index is 4.25. The number of halogens is 1. The first-order chi connectivity index (χ1) is 1.50. The molecule has 1 N–H and O–H groups in total.